The summed E-state index contributed by atoms with van der Waals surface area (Å²) in [4.78, 5) is 30.9. The van der Waals surface area contributed by atoms with Crippen LogP contribution in [-0.4, -0.2) is 27.0 Å². The number of hydrogen-bond acceptors (Lipinski definition) is 4. The molecule has 33 heavy (non-hydrogen) atoms. The van der Waals surface area contributed by atoms with Crippen LogP contribution in [-0.2, 0) is 18.4 Å². The van der Waals surface area contributed by atoms with Crippen LogP contribution < -0.4 is 16.0 Å². The molecule has 7 heteroatoms. The average Bonchev–Trinajstić information content (AvgIpc) is 3.13. The van der Waals surface area contributed by atoms with Crippen molar-refractivity contribution in [1.82, 2.24) is 20.2 Å². The van der Waals surface area contributed by atoms with Gasteiger partial charge in [-0.25, -0.2) is 4.98 Å². The number of nitrogens with one attached hydrogen (secondary N) is 3. The number of aryl methyl sites for hydroxylation is 1. The van der Waals surface area contributed by atoms with Crippen LogP contribution in [0, 0.1) is 17.3 Å². The lowest BCUT2D eigenvalue weighted by atomic mass is 9.51. The lowest BCUT2D eigenvalue weighted by molar-refractivity contribution is -0.139. The highest BCUT2D eigenvalue weighted by atomic mass is 16.2. The molecule has 7 nitrogen and oxygen atoms in total. The molecular weight excluding hydrogens is 414 g/mol. The number of carbonyl (C=O) groups is 2. The Morgan fingerprint density at radius 2 is 1.97 bits per heavy atom. The van der Waals surface area contributed by atoms with Crippen molar-refractivity contribution >= 4 is 28.5 Å². The Balaban J connectivity index is 1.21. The lowest BCUT2D eigenvalue weighted by Crippen LogP contribution is -2.70. The molecule has 1 aliphatic heterocycles. The molecule has 2 bridgehead atoms. The Morgan fingerprint density at radius 1 is 1.18 bits per heavy atom. The maximum absolute atomic E-state index is 13.4. The van der Waals surface area contributed by atoms with Crippen molar-refractivity contribution in [2.24, 2.45) is 24.3 Å². The molecule has 3 fully saturated rings. The largest absolute Gasteiger partial charge is 0.362 e. The standard InChI is InChI=1S/C26H29N5O2/c1-25-12-11-16(26(15-25)29-19-8-4-3-7-17(19)23(32)30-26)13-18(25)24(33)27-14-22-28-20-9-5-6-10-21(20)31(22)2/h3-10,16,18,29H,11-15H2,1-2H3,(H,27,33)(H,30,32)/t16-,18-,25+,26+/m1/s1. The summed E-state index contributed by atoms with van der Waals surface area (Å²) in [7, 11) is 1.99. The van der Waals surface area contributed by atoms with E-state index in [-0.39, 0.29) is 29.1 Å². The zero-order valence-corrected chi connectivity index (χ0v) is 19.0. The van der Waals surface area contributed by atoms with E-state index >= 15 is 0 Å². The van der Waals surface area contributed by atoms with E-state index in [1.165, 1.54) is 0 Å². The topological polar surface area (TPSA) is 88.0 Å². The highest BCUT2D eigenvalue weighted by Gasteiger charge is 2.60. The predicted octanol–water partition coefficient (Wildman–Crippen LogP) is 3.57. The van der Waals surface area contributed by atoms with Crippen molar-refractivity contribution in [1.29, 1.82) is 0 Å². The van der Waals surface area contributed by atoms with E-state index < -0.39 is 5.66 Å². The van der Waals surface area contributed by atoms with Crippen LogP contribution >= 0.6 is 0 Å². The molecule has 3 N–H and O–H groups in total. The van der Waals surface area contributed by atoms with Crippen LogP contribution in [0.4, 0.5) is 5.69 Å². The fraction of sp³-hybridized carbons (Fsp3) is 0.423. The zero-order valence-electron chi connectivity index (χ0n) is 19.0. The number of imidazole rings is 1. The molecule has 170 valence electrons. The van der Waals surface area contributed by atoms with Crippen LogP contribution in [0.25, 0.3) is 11.0 Å². The van der Waals surface area contributed by atoms with Crippen LogP contribution in [0.2, 0.25) is 0 Å². The molecular formula is C26H29N5O2. The van der Waals surface area contributed by atoms with E-state index in [2.05, 4.69) is 27.9 Å². The Hall–Kier alpha value is -3.35. The van der Waals surface area contributed by atoms with E-state index in [4.69, 9.17) is 0 Å². The quantitative estimate of drug-likeness (QED) is 0.578. The van der Waals surface area contributed by atoms with Crippen molar-refractivity contribution in [3.05, 3.63) is 59.9 Å². The highest BCUT2D eigenvalue weighted by Crippen LogP contribution is 2.58. The Labute approximate surface area is 193 Å². The van der Waals surface area contributed by atoms with E-state index in [0.29, 0.717) is 12.1 Å². The van der Waals surface area contributed by atoms with Gasteiger partial charge in [0.2, 0.25) is 5.91 Å². The molecule has 0 radical (unpaired) electrons. The molecule has 1 spiro atoms. The first-order valence-electron chi connectivity index (χ1n) is 11.8. The number of benzene rings is 2. The number of amides is 2. The van der Waals surface area contributed by atoms with Gasteiger partial charge in [-0.2, -0.15) is 0 Å². The zero-order chi connectivity index (χ0) is 22.8. The van der Waals surface area contributed by atoms with Gasteiger partial charge in [-0.15, -0.1) is 0 Å². The second kappa shape index (κ2) is 7.07. The first-order valence-corrected chi connectivity index (χ1v) is 11.8. The third-order valence-electron chi connectivity index (χ3n) is 8.29. The van der Waals surface area contributed by atoms with E-state index in [0.717, 1.165) is 48.2 Å². The first-order chi connectivity index (χ1) is 15.9. The second-order valence-corrected chi connectivity index (χ2v) is 10.2. The molecule has 4 atom stereocenters. The predicted molar refractivity (Wildman–Crippen MR) is 126 cm³/mol. The molecule has 3 saturated carbocycles. The smallest absolute Gasteiger partial charge is 0.255 e. The monoisotopic (exact) mass is 443 g/mol. The third-order valence-corrected chi connectivity index (χ3v) is 8.29. The third kappa shape index (κ3) is 3.05. The molecule has 3 aromatic rings. The van der Waals surface area contributed by atoms with Gasteiger partial charge in [-0.3, -0.25) is 9.59 Å². The van der Waals surface area contributed by atoms with Crippen LogP contribution in [0.3, 0.4) is 0 Å². The minimum Gasteiger partial charge on any atom is -0.362 e. The van der Waals surface area contributed by atoms with Gasteiger partial charge < -0.3 is 20.5 Å². The molecule has 1 aromatic heterocycles. The lowest BCUT2D eigenvalue weighted by Gasteiger charge is -2.60. The number of nitrogens with zero attached hydrogens (tertiary/aromatic N) is 2. The molecule has 3 aliphatic carbocycles. The SMILES string of the molecule is Cn1c(CNC(=O)[C@H]2C[C@H]3CC[C@@]2(C)C[C@]32NC(=O)c3ccccc3N2)nc2ccccc21. The van der Waals surface area contributed by atoms with Gasteiger partial charge in [0.25, 0.3) is 5.91 Å². The summed E-state index contributed by atoms with van der Waals surface area (Å²) < 4.78 is 2.04. The van der Waals surface area contributed by atoms with Gasteiger partial charge in [0, 0.05) is 24.6 Å². The summed E-state index contributed by atoms with van der Waals surface area (Å²) in [5.41, 5.74) is 2.91. The second-order valence-electron chi connectivity index (χ2n) is 10.2. The van der Waals surface area contributed by atoms with Crippen molar-refractivity contribution in [3.8, 4) is 0 Å². The summed E-state index contributed by atoms with van der Waals surface area (Å²) in [6.07, 6.45) is 3.50. The van der Waals surface area contributed by atoms with Gasteiger partial charge >= 0.3 is 0 Å². The molecule has 2 aromatic carbocycles. The number of carbonyl (C=O) groups excluding carboxylic acids is 2. The number of para-hydroxylation sites is 3. The van der Waals surface area contributed by atoms with Crippen molar-refractivity contribution in [2.45, 2.75) is 44.8 Å². The number of rotatable bonds is 3. The molecule has 2 amide bonds. The summed E-state index contributed by atoms with van der Waals surface area (Å²) in [5.74, 6) is 1.05. The fourth-order valence-electron chi connectivity index (χ4n) is 6.50. The molecule has 2 heterocycles. The maximum atomic E-state index is 13.4. The maximum Gasteiger partial charge on any atom is 0.255 e. The normalized spacial score (nSPS) is 30.1. The van der Waals surface area contributed by atoms with Gasteiger partial charge in [0.05, 0.1) is 23.1 Å². The summed E-state index contributed by atoms with van der Waals surface area (Å²) >= 11 is 0. The Kier molecular flexibility index (Phi) is 4.34. The van der Waals surface area contributed by atoms with E-state index in [9.17, 15) is 9.59 Å². The summed E-state index contributed by atoms with van der Waals surface area (Å²) in [6.45, 7) is 2.62. The highest BCUT2D eigenvalue weighted by molar-refractivity contribution is 6.02. The minimum absolute atomic E-state index is 0.0247. The van der Waals surface area contributed by atoms with Gasteiger partial charge in [-0.1, -0.05) is 31.2 Å². The van der Waals surface area contributed by atoms with Crippen molar-refractivity contribution < 1.29 is 9.59 Å². The van der Waals surface area contributed by atoms with Gasteiger partial charge in [0.15, 0.2) is 0 Å². The van der Waals surface area contributed by atoms with Gasteiger partial charge in [-0.05, 0) is 55.4 Å². The Bertz CT molecular complexity index is 1280. The Morgan fingerprint density at radius 3 is 2.79 bits per heavy atom. The van der Waals surface area contributed by atoms with Crippen LogP contribution in [0.15, 0.2) is 48.5 Å². The number of fused-ring (bicyclic) bond motifs is 4. The van der Waals surface area contributed by atoms with E-state index in [1.807, 2.05) is 60.1 Å². The van der Waals surface area contributed by atoms with Crippen molar-refractivity contribution in [2.75, 3.05) is 5.32 Å². The average molecular weight is 444 g/mol. The number of hydrogen-bond donors (Lipinski definition) is 3. The summed E-state index contributed by atoms with van der Waals surface area (Å²) in [6, 6.07) is 15.7. The fourth-order valence-corrected chi connectivity index (χ4v) is 6.50. The molecule has 7 rings (SSSR count). The van der Waals surface area contributed by atoms with Crippen LogP contribution in [0.5, 0.6) is 0 Å². The number of anilines is 1. The number of aromatic nitrogens is 2. The minimum atomic E-state index is -0.480. The molecule has 0 saturated heterocycles. The van der Waals surface area contributed by atoms with Crippen LogP contribution in [0.1, 0.15) is 48.8 Å². The van der Waals surface area contributed by atoms with Crippen molar-refractivity contribution in [3.63, 3.8) is 0 Å². The van der Waals surface area contributed by atoms with E-state index in [1.54, 1.807) is 0 Å². The first kappa shape index (κ1) is 20.3. The molecule has 0 unspecified atom stereocenters. The summed E-state index contributed by atoms with van der Waals surface area (Å²) in [5, 5.41) is 10.1. The molecule has 4 aliphatic rings. The van der Waals surface area contributed by atoms with Gasteiger partial charge in [0.1, 0.15) is 11.5 Å².